The Kier molecular flexibility index (Phi) is 3.01. The van der Waals surface area contributed by atoms with E-state index in [1.165, 1.54) is 0 Å². The van der Waals surface area contributed by atoms with Gasteiger partial charge in [0.05, 0.1) is 19.8 Å². The summed E-state index contributed by atoms with van der Waals surface area (Å²) in [5.74, 6) is 0. The van der Waals surface area contributed by atoms with Gasteiger partial charge in [0.25, 0.3) is 0 Å². The van der Waals surface area contributed by atoms with E-state index in [1.54, 1.807) is 0 Å². The highest BCUT2D eigenvalue weighted by Crippen LogP contribution is 2.09. The van der Waals surface area contributed by atoms with Gasteiger partial charge in [-0.15, -0.1) is 0 Å². The molecular weight excluding hydrogens is 116 g/mol. The third-order valence-electron chi connectivity index (χ3n) is 1.21. The molecule has 0 aromatic carbocycles. The molecule has 1 fully saturated rings. The average Bonchev–Trinajstić information content (AvgIpc) is 2.63. The number of epoxide rings is 1. The van der Waals surface area contributed by atoms with Crippen LogP contribution in [-0.4, -0.2) is 19.3 Å². The maximum Gasteiger partial charge on any atom is 0.104 e. The number of hydrogen-bond acceptors (Lipinski definition) is 2. The Hall–Kier alpha value is -0.0800. The minimum absolute atomic E-state index is 0.401. The molecule has 0 saturated carbocycles. The van der Waals surface area contributed by atoms with E-state index in [0.29, 0.717) is 6.10 Å². The van der Waals surface area contributed by atoms with E-state index < -0.39 is 0 Å². The zero-order valence-electron chi connectivity index (χ0n) is 5.80. The highest BCUT2D eigenvalue weighted by molar-refractivity contribution is 4.68. The lowest BCUT2D eigenvalue weighted by molar-refractivity contribution is 0.166. The van der Waals surface area contributed by atoms with Gasteiger partial charge in [0.2, 0.25) is 0 Å². The zero-order valence-corrected chi connectivity index (χ0v) is 5.80. The van der Waals surface area contributed by atoms with Crippen molar-refractivity contribution in [3.63, 3.8) is 0 Å². The van der Waals surface area contributed by atoms with Crippen LogP contribution in [0.4, 0.5) is 0 Å². The smallest absolute Gasteiger partial charge is 0.104 e. The predicted octanol–water partition coefficient (Wildman–Crippen LogP) is 1.36. The molecule has 53 valence electrons. The normalized spacial score (nSPS) is 24.3. The van der Waals surface area contributed by atoms with E-state index in [2.05, 4.69) is 6.92 Å². The van der Waals surface area contributed by atoms with Gasteiger partial charge in [0.1, 0.15) is 6.10 Å². The highest BCUT2D eigenvalue weighted by Gasteiger charge is 2.21. The fourth-order valence-electron chi connectivity index (χ4n) is 0.541. The second kappa shape index (κ2) is 3.85. The fraction of sp³-hybridized carbons (Fsp3) is 0.857. The Morgan fingerprint density at radius 2 is 2.56 bits per heavy atom. The summed E-state index contributed by atoms with van der Waals surface area (Å²) in [6.07, 6.45) is 2.61. The third-order valence-corrected chi connectivity index (χ3v) is 1.21. The molecule has 1 aliphatic heterocycles. The predicted molar refractivity (Wildman–Crippen MR) is 34.9 cm³/mol. The lowest BCUT2D eigenvalue weighted by Gasteiger charge is -1.96. The summed E-state index contributed by atoms with van der Waals surface area (Å²) < 4.78 is 10.1. The van der Waals surface area contributed by atoms with Crippen LogP contribution in [0.3, 0.4) is 0 Å². The molecule has 0 aromatic heterocycles. The van der Waals surface area contributed by atoms with E-state index in [4.69, 9.17) is 9.47 Å². The topological polar surface area (TPSA) is 21.8 Å². The van der Waals surface area contributed by atoms with Crippen molar-refractivity contribution in [1.29, 1.82) is 0 Å². The van der Waals surface area contributed by atoms with Gasteiger partial charge in [-0.3, -0.25) is 0 Å². The van der Waals surface area contributed by atoms with Crippen LogP contribution in [-0.2, 0) is 9.47 Å². The molecule has 1 atom stereocenters. The molecule has 0 aromatic rings. The van der Waals surface area contributed by atoms with Gasteiger partial charge >= 0.3 is 0 Å². The standard InChI is InChI=1S/C7H13O2/c1-2-3-4-8-5-7-6-9-7/h4,7H,2-3,5-6H2,1H3. The number of unbranched alkanes of at least 4 members (excludes halogenated alkanes) is 1. The third kappa shape index (κ3) is 3.49. The summed E-state index contributed by atoms with van der Waals surface area (Å²) in [6, 6.07) is 0. The molecule has 0 N–H and O–H groups in total. The van der Waals surface area contributed by atoms with Gasteiger partial charge in [0.15, 0.2) is 0 Å². The lowest BCUT2D eigenvalue weighted by Crippen LogP contribution is -1.98. The van der Waals surface area contributed by atoms with Crippen molar-refractivity contribution in [2.75, 3.05) is 13.2 Å². The van der Waals surface area contributed by atoms with Crippen molar-refractivity contribution in [3.05, 3.63) is 6.61 Å². The SMILES string of the molecule is CCC[CH]OCC1CO1. The van der Waals surface area contributed by atoms with E-state index in [-0.39, 0.29) is 0 Å². The van der Waals surface area contributed by atoms with Crippen LogP contribution in [0, 0.1) is 6.61 Å². The van der Waals surface area contributed by atoms with Crippen molar-refractivity contribution in [2.24, 2.45) is 0 Å². The Labute approximate surface area is 56.2 Å². The molecule has 0 bridgehead atoms. The minimum Gasteiger partial charge on any atom is -0.373 e. The highest BCUT2D eigenvalue weighted by atomic mass is 16.6. The van der Waals surface area contributed by atoms with Gasteiger partial charge in [0, 0.05) is 0 Å². The molecule has 9 heavy (non-hydrogen) atoms. The Morgan fingerprint density at radius 3 is 3.11 bits per heavy atom. The first-order valence-electron chi connectivity index (χ1n) is 3.48. The quantitative estimate of drug-likeness (QED) is 0.413. The Morgan fingerprint density at radius 1 is 1.78 bits per heavy atom. The van der Waals surface area contributed by atoms with Crippen molar-refractivity contribution in [2.45, 2.75) is 25.9 Å². The monoisotopic (exact) mass is 129 g/mol. The molecular formula is C7H13O2. The molecule has 0 amide bonds. The summed E-state index contributed by atoms with van der Waals surface area (Å²) in [7, 11) is 0. The first-order chi connectivity index (χ1) is 4.43. The first-order valence-corrected chi connectivity index (χ1v) is 3.48. The van der Waals surface area contributed by atoms with Crippen molar-refractivity contribution in [1.82, 2.24) is 0 Å². The van der Waals surface area contributed by atoms with Crippen LogP contribution in [0.15, 0.2) is 0 Å². The van der Waals surface area contributed by atoms with Crippen molar-refractivity contribution >= 4 is 0 Å². The van der Waals surface area contributed by atoms with Crippen LogP contribution in [0.2, 0.25) is 0 Å². The first kappa shape index (κ1) is 7.03. The minimum atomic E-state index is 0.401. The van der Waals surface area contributed by atoms with E-state index in [1.807, 2.05) is 6.61 Å². The van der Waals surface area contributed by atoms with Crippen LogP contribution >= 0.6 is 0 Å². The number of hydrogen-bond donors (Lipinski definition) is 0. The summed E-state index contributed by atoms with van der Waals surface area (Å²) in [5.41, 5.74) is 0. The second-order valence-corrected chi connectivity index (χ2v) is 2.24. The molecule has 2 heteroatoms. The van der Waals surface area contributed by atoms with Gasteiger partial charge < -0.3 is 9.47 Å². The van der Waals surface area contributed by atoms with E-state index in [9.17, 15) is 0 Å². The summed E-state index contributed by atoms with van der Waals surface area (Å²) in [6.45, 7) is 5.63. The molecule has 1 aliphatic rings. The number of ether oxygens (including phenoxy) is 2. The van der Waals surface area contributed by atoms with Gasteiger partial charge in [-0.05, 0) is 6.42 Å². The van der Waals surface area contributed by atoms with Crippen molar-refractivity contribution in [3.8, 4) is 0 Å². The van der Waals surface area contributed by atoms with E-state index in [0.717, 1.165) is 26.1 Å². The molecule has 1 saturated heterocycles. The molecule has 1 rings (SSSR count). The Bertz CT molecular complexity index is 69.3. The molecule has 2 nitrogen and oxygen atoms in total. The van der Waals surface area contributed by atoms with Gasteiger partial charge in [-0.1, -0.05) is 13.3 Å². The van der Waals surface area contributed by atoms with Gasteiger partial charge in [-0.2, -0.15) is 0 Å². The van der Waals surface area contributed by atoms with Crippen LogP contribution < -0.4 is 0 Å². The molecule has 1 unspecified atom stereocenters. The average molecular weight is 129 g/mol. The fourth-order valence-corrected chi connectivity index (χ4v) is 0.541. The molecule has 1 radical (unpaired) electrons. The molecule has 0 spiro atoms. The zero-order chi connectivity index (χ0) is 6.53. The summed E-state index contributed by atoms with van der Waals surface area (Å²) >= 11 is 0. The van der Waals surface area contributed by atoms with Crippen LogP contribution in [0.5, 0.6) is 0 Å². The lowest BCUT2D eigenvalue weighted by atomic mass is 10.4. The summed E-state index contributed by atoms with van der Waals surface area (Å²) in [5, 5.41) is 0. The Balaban J connectivity index is 1.71. The molecule has 0 aliphatic carbocycles. The van der Waals surface area contributed by atoms with Crippen molar-refractivity contribution < 1.29 is 9.47 Å². The molecule has 1 heterocycles. The van der Waals surface area contributed by atoms with Crippen LogP contribution in [0.25, 0.3) is 0 Å². The van der Waals surface area contributed by atoms with Crippen LogP contribution in [0.1, 0.15) is 19.8 Å². The van der Waals surface area contributed by atoms with E-state index >= 15 is 0 Å². The maximum absolute atomic E-state index is 5.15. The number of rotatable bonds is 5. The van der Waals surface area contributed by atoms with Gasteiger partial charge in [-0.25, -0.2) is 0 Å². The largest absolute Gasteiger partial charge is 0.373 e. The summed E-state index contributed by atoms with van der Waals surface area (Å²) in [4.78, 5) is 0. The maximum atomic E-state index is 5.15. The second-order valence-electron chi connectivity index (χ2n) is 2.24.